The number of hydrogen-bond acceptors (Lipinski definition) is 9. The molecule has 2 rings (SSSR count). The zero-order valence-electron chi connectivity index (χ0n) is 11.7. The Kier molecular flexibility index (Phi) is 5.11. The van der Waals surface area contributed by atoms with Crippen LogP contribution in [0.2, 0.25) is 0 Å². The molecule has 0 fully saturated rings. The Morgan fingerprint density at radius 1 is 1.38 bits per heavy atom. The summed E-state index contributed by atoms with van der Waals surface area (Å²) in [5.41, 5.74) is 2.08. The van der Waals surface area contributed by atoms with Crippen molar-refractivity contribution in [3.63, 3.8) is 0 Å². The minimum Gasteiger partial charge on any atom is -0.464 e. The SMILES string of the molecule is CCCn1c(Sc2nc(NN)nc(OCC)n2)n[nH]c1=O. The maximum Gasteiger partial charge on any atom is 0.343 e. The number of hydrogen-bond donors (Lipinski definition) is 3. The van der Waals surface area contributed by atoms with E-state index >= 15 is 0 Å². The lowest BCUT2D eigenvalue weighted by Gasteiger charge is -2.06. The summed E-state index contributed by atoms with van der Waals surface area (Å²) in [6, 6.07) is 0.155. The van der Waals surface area contributed by atoms with Crippen LogP contribution >= 0.6 is 11.8 Å². The third-order valence-corrected chi connectivity index (χ3v) is 3.21. The number of rotatable bonds is 7. The van der Waals surface area contributed by atoms with E-state index in [1.807, 2.05) is 13.8 Å². The molecule has 2 heterocycles. The van der Waals surface area contributed by atoms with Crippen LogP contribution in [0.4, 0.5) is 5.95 Å². The topological polar surface area (TPSA) is 137 Å². The van der Waals surface area contributed by atoms with Gasteiger partial charge in [-0.25, -0.2) is 15.7 Å². The first-order valence-electron chi connectivity index (χ1n) is 6.36. The van der Waals surface area contributed by atoms with Crippen molar-refractivity contribution in [1.29, 1.82) is 0 Å². The van der Waals surface area contributed by atoms with Gasteiger partial charge in [0, 0.05) is 6.54 Å². The summed E-state index contributed by atoms with van der Waals surface area (Å²) < 4.78 is 6.76. The zero-order chi connectivity index (χ0) is 15.2. The molecule has 114 valence electrons. The van der Waals surface area contributed by atoms with E-state index in [0.29, 0.717) is 23.5 Å². The number of nitrogens with one attached hydrogen (secondary N) is 2. The quantitative estimate of drug-likeness (QED) is 0.476. The van der Waals surface area contributed by atoms with E-state index < -0.39 is 0 Å². The molecule has 0 spiro atoms. The first kappa shape index (κ1) is 15.3. The van der Waals surface area contributed by atoms with E-state index in [4.69, 9.17) is 10.6 Å². The largest absolute Gasteiger partial charge is 0.464 e. The fourth-order valence-electron chi connectivity index (χ4n) is 1.53. The molecule has 0 bridgehead atoms. The molecule has 0 amide bonds. The summed E-state index contributed by atoms with van der Waals surface area (Å²) in [7, 11) is 0. The van der Waals surface area contributed by atoms with Gasteiger partial charge in [-0.2, -0.15) is 15.0 Å². The Hall–Kier alpha value is -2.14. The summed E-state index contributed by atoms with van der Waals surface area (Å²) in [6.45, 7) is 4.77. The maximum atomic E-state index is 11.6. The molecule has 4 N–H and O–H groups in total. The van der Waals surface area contributed by atoms with Crippen LogP contribution in [0.1, 0.15) is 20.3 Å². The number of anilines is 1. The van der Waals surface area contributed by atoms with Gasteiger partial charge in [-0.1, -0.05) is 6.92 Å². The summed E-state index contributed by atoms with van der Waals surface area (Å²) in [5.74, 6) is 5.49. The molecule has 0 saturated carbocycles. The Balaban J connectivity index is 2.30. The second-order valence-electron chi connectivity index (χ2n) is 3.87. The normalized spacial score (nSPS) is 10.6. The highest BCUT2D eigenvalue weighted by Gasteiger charge is 2.14. The van der Waals surface area contributed by atoms with Crippen LogP contribution in [0.3, 0.4) is 0 Å². The fraction of sp³-hybridized carbons (Fsp3) is 0.500. The lowest BCUT2D eigenvalue weighted by molar-refractivity contribution is 0.308. The lowest BCUT2D eigenvalue weighted by atomic mass is 10.5. The van der Waals surface area contributed by atoms with Gasteiger partial charge in [0.25, 0.3) is 0 Å². The Bertz CT molecular complexity index is 655. The number of H-pyrrole nitrogens is 1. The molecule has 0 atom stereocenters. The van der Waals surface area contributed by atoms with Gasteiger partial charge in [0.05, 0.1) is 6.61 Å². The summed E-state index contributed by atoms with van der Waals surface area (Å²) in [6.07, 6.45) is 0.810. The minimum atomic E-state index is -0.268. The van der Waals surface area contributed by atoms with Crippen molar-refractivity contribution in [3.05, 3.63) is 10.5 Å². The van der Waals surface area contributed by atoms with Crippen LogP contribution in [-0.2, 0) is 6.54 Å². The molecular weight excluding hydrogens is 296 g/mol. The molecule has 0 aromatic carbocycles. The van der Waals surface area contributed by atoms with Crippen LogP contribution in [-0.4, -0.2) is 36.3 Å². The Labute approximate surface area is 124 Å². The van der Waals surface area contributed by atoms with Crippen LogP contribution in [0.5, 0.6) is 6.01 Å². The van der Waals surface area contributed by atoms with E-state index in [1.54, 1.807) is 0 Å². The number of nitrogens with zero attached hydrogens (tertiary/aromatic N) is 5. The third kappa shape index (κ3) is 3.70. The minimum absolute atomic E-state index is 0.155. The smallest absolute Gasteiger partial charge is 0.343 e. The number of hydrazine groups is 1. The fourth-order valence-corrected chi connectivity index (χ4v) is 2.32. The van der Waals surface area contributed by atoms with Crippen LogP contribution < -0.4 is 21.7 Å². The summed E-state index contributed by atoms with van der Waals surface area (Å²) in [4.78, 5) is 23.8. The first-order valence-corrected chi connectivity index (χ1v) is 7.18. The predicted octanol–water partition coefficient (Wildman–Crippen LogP) is 0.00190. The van der Waals surface area contributed by atoms with Gasteiger partial charge in [0.15, 0.2) is 5.16 Å². The Morgan fingerprint density at radius 3 is 2.86 bits per heavy atom. The number of ether oxygens (including phenoxy) is 1. The zero-order valence-corrected chi connectivity index (χ0v) is 12.5. The van der Waals surface area contributed by atoms with Crippen molar-refractivity contribution < 1.29 is 4.74 Å². The molecular formula is C10H16N8O2S. The molecule has 0 radical (unpaired) electrons. The molecule has 2 aromatic heterocycles. The van der Waals surface area contributed by atoms with Gasteiger partial charge in [-0.3, -0.25) is 9.99 Å². The van der Waals surface area contributed by atoms with E-state index in [0.717, 1.165) is 18.2 Å². The molecule has 11 heteroatoms. The van der Waals surface area contributed by atoms with Crippen molar-refractivity contribution in [2.45, 2.75) is 37.1 Å². The highest BCUT2D eigenvalue weighted by atomic mass is 32.2. The van der Waals surface area contributed by atoms with Crippen molar-refractivity contribution in [1.82, 2.24) is 29.7 Å². The maximum absolute atomic E-state index is 11.6. The van der Waals surface area contributed by atoms with Gasteiger partial charge < -0.3 is 4.74 Å². The standard InChI is InChI=1S/C10H16N8O2S/c1-3-5-18-9(19)16-17-10(18)21-8-13-6(15-11)12-7(14-8)20-4-2/h3-5,11H2,1-2H3,(H,16,19)(H,12,13,14,15). The number of aromatic amines is 1. The van der Waals surface area contributed by atoms with Crippen molar-refractivity contribution in [3.8, 4) is 6.01 Å². The molecule has 2 aromatic rings. The second kappa shape index (κ2) is 7.04. The molecule has 0 aliphatic carbocycles. The summed E-state index contributed by atoms with van der Waals surface area (Å²) >= 11 is 1.13. The second-order valence-corrected chi connectivity index (χ2v) is 4.80. The van der Waals surface area contributed by atoms with Crippen LogP contribution in [0, 0.1) is 0 Å². The molecule has 10 nitrogen and oxygen atoms in total. The molecule has 21 heavy (non-hydrogen) atoms. The highest BCUT2D eigenvalue weighted by Crippen LogP contribution is 2.23. The van der Waals surface area contributed by atoms with Crippen LogP contribution in [0.25, 0.3) is 0 Å². The number of aromatic nitrogens is 6. The average Bonchev–Trinajstić information content (AvgIpc) is 2.81. The van der Waals surface area contributed by atoms with Gasteiger partial charge >= 0.3 is 11.7 Å². The highest BCUT2D eigenvalue weighted by molar-refractivity contribution is 7.99. The van der Waals surface area contributed by atoms with Gasteiger partial charge in [-0.15, -0.1) is 5.10 Å². The molecule has 0 saturated heterocycles. The van der Waals surface area contributed by atoms with E-state index in [-0.39, 0.29) is 17.6 Å². The van der Waals surface area contributed by atoms with Gasteiger partial charge in [0.2, 0.25) is 11.1 Å². The monoisotopic (exact) mass is 312 g/mol. The van der Waals surface area contributed by atoms with Crippen molar-refractivity contribution >= 4 is 17.7 Å². The number of nitrogen functional groups attached to an aromatic ring is 1. The van der Waals surface area contributed by atoms with E-state index in [1.165, 1.54) is 4.57 Å². The molecule has 0 aliphatic rings. The van der Waals surface area contributed by atoms with Crippen molar-refractivity contribution in [2.75, 3.05) is 12.0 Å². The first-order chi connectivity index (χ1) is 10.2. The van der Waals surface area contributed by atoms with Crippen LogP contribution in [0.15, 0.2) is 15.1 Å². The van der Waals surface area contributed by atoms with E-state index in [9.17, 15) is 4.79 Å². The van der Waals surface area contributed by atoms with Crippen molar-refractivity contribution in [2.24, 2.45) is 5.84 Å². The molecule has 0 unspecified atom stereocenters. The third-order valence-electron chi connectivity index (χ3n) is 2.35. The Morgan fingerprint density at radius 2 is 2.19 bits per heavy atom. The predicted molar refractivity (Wildman–Crippen MR) is 76.1 cm³/mol. The molecule has 0 aliphatic heterocycles. The lowest BCUT2D eigenvalue weighted by Crippen LogP contribution is -2.17. The van der Waals surface area contributed by atoms with Gasteiger partial charge in [0.1, 0.15) is 0 Å². The van der Waals surface area contributed by atoms with E-state index in [2.05, 4.69) is 30.6 Å². The van der Waals surface area contributed by atoms with Gasteiger partial charge in [-0.05, 0) is 25.1 Å². The number of nitrogens with two attached hydrogens (primary N) is 1. The average molecular weight is 312 g/mol. The summed E-state index contributed by atoms with van der Waals surface area (Å²) in [5, 5.41) is 7.16.